The van der Waals surface area contributed by atoms with E-state index in [1.165, 1.54) is 19.3 Å². The zero-order valence-corrected chi connectivity index (χ0v) is 13.5. The molecular weight excluding hydrogens is 272 g/mol. The number of terminal acetylenes is 1. The number of aliphatic hydroxyl groups excluding tert-OH is 1. The molecule has 0 bridgehead atoms. The molecule has 2 heteroatoms. The van der Waals surface area contributed by atoms with Gasteiger partial charge in [-0.1, -0.05) is 25.0 Å². The van der Waals surface area contributed by atoms with E-state index in [2.05, 4.69) is 18.9 Å². The summed E-state index contributed by atoms with van der Waals surface area (Å²) in [6.07, 6.45) is 17.1. The van der Waals surface area contributed by atoms with Gasteiger partial charge in [0.1, 0.15) is 5.60 Å². The largest absolute Gasteiger partial charge is 0.388 e. The SMILES string of the molecule is C#C[C@]1(O)CC[C@@H]2C3CC[C@]4(C)C(O)C=CC4[C@@H]3CC[C@@H]2C1. The molecule has 3 unspecified atom stereocenters. The summed E-state index contributed by atoms with van der Waals surface area (Å²) < 4.78 is 0. The second-order valence-electron chi connectivity index (χ2n) is 8.65. The maximum absolute atomic E-state index is 10.5. The minimum Gasteiger partial charge on any atom is -0.388 e. The van der Waals surface area contributed by atoms with Gasteiger partial charge in [-0.2, -0.15) is 0 Å². The van der Waals surface area contributed by atoms with Gasteiger partial charge in [-0.15, -0.1) is 6.42 Å². The number of allylic oxidation sites excluding steroid dienone is 1. The van der Waals surface area contributed by atoms with Crippen molar-refractivity contribution in [1.82, 2.24) is 0 Å². The molecule has 4 aliphatic rings. The summed E-state index contributed by atoms with van der Waals surface area (Å²) in [5.41, 5.74) is -0.775. The first-order valence-electron chi connectivity index (χ1n) is 9.03. The zero-order valence-electron chi connectivity index (χ0n) is 13.5. The molecule has 3 fully saturated rings. The topological polar surface area (TPSA) is 40.5 Å². The van der Waals surface area contributed by atoms with Gasteiger partial charge in [-0.05, 0) is 74.5 Å². The highest BCUT2D eigenvalue weighted by atomic mass is 16.3. The van der Waals surface area contributed by atoms with Crippen LogP contribution in [0.5, 0.6) is 0 Å². The van der Waals surface area contributed by atoms with Crippen LogP contribution in [0.25, 0.3) is 0 Å². The van der Waals surface area contributed by atoms with Gasteiger partial charge in [0, 0.05) is 5.41 Å². The fourth-order valence-corrected chi connectivity index (χ4v) is 6.44. The standard InChI is InChI=1S/C20H28O2/c1-3-20(22)11-9-14-13(12-20)4-5-16-15(14)8-10-19(2)17(16)6-7-18(19)21/h1,6-7,13-18,21-22H,4-5,8-12H2,2H3/t13-,14+,15?,16-,17?,18?,19+,20+/m1/s1. The molecule has 2 nitrogen and oxygen atoms in total. The molecule has 0 aromatic rings. The zero-order chi connectivity index (χ0) is 15.5. The molecule has 22 heavy (non-hydrogen) atoms. The van der Waals surface area contributed by atoms with Crippen molar-refractivity contribution in [1.29, 1.82) is 0 Å². The highest BCUT2D eigenvalue weighted by Crippen LogP contribution is 2.61. The van der Waals surface area contributed by atoms with E-state index in [1.54, 1.807) is 0 Å². The minimum absolute atomic E-state index is 0.0716. The molecule has 0 spiro atoms. The molecule has 2 N–H and O–H groups in total. The number of rotatable bonds is 0. The Kier molecular flexibility index (Phi) is 3.26. The summed E-state index contributed by atoms with van der Waals surface area (Å²) in [5.74, 6) is 6.04. The van der Waals surface area contributed by atoms with E-state index in [4.69, 9.17) is 6.42 Å². The van der Waals surface area contributed by atoms with Crippen LogP contribution in [0.15, 0.2) is 12.2 Å². The third-order valence-corrected chi connectivity index (χ3v) is 7.75. The second-order valence-corrected chi connectivity index (χ2v) is 8.65. The molecule has 0 aliphatic heterocycles. The molecule has 0 heterocycles. The van der Waals surface area contributed by atoms with E-state index in [0.717, 1.165) is 43.4 Å². The maximum atomic E-state index is 10.5. The number of hydrogen-bond acceptors (Lipinski definition) is 2. The summed E-state index contributed by atoms with van der Waals surface area (Å²) in [6.45, 7) is 2.28. The number of hydrogen-bond donors (Lipinski definition) is 2. The molecule has 0 radical (unpaired) electrons. The lowest BCUT2D eigenvalue weighted by molar-refractivity contribution is -0.0941. The van der Waals surface area contributed by atoms with Crippen LogP contribution in [-0.2, 0) is 0 Å². The quantitative estimate of drug-likeness (QED) is 0.533. The van der Waals surface area contributed by atoms with Crippen LogP contribution in [0.4, 0.5) is 0 Å². The summed E-state index contributed by atoms with van der Waals surface area (Å²) >= 11 is 0. The van der Waals surface area contributed by atoms with Crippen molar-refractivity contribution in [2.75, 3.05) is 0 Å². The molecule has 0 amide bonds. The molecule has 120 valence electrons. The lowest BCUT2D eigenvalue weighted by atomic mass is 9.49. The predicted molar refractivity (Wildman–Crippen MR) is 86.8 cm³/mol. The van der Waals surface area contributed by atoms with E-state index in [9.17, 15) is 10.2 Å². The fourth-order valence-electron chi connectivity index (χ4n) is 6.44. The molecule has 4 aliphatic carbocycles. The van der Waals surface area contributed by atoms with Crippen molar-refractivity contribution < 1.29 is 10.2 Å². The third-order valence-electron chi connectivity index (χ3n) is 7.75. The van der Waals surface area contributed by atoms with Crippen LogP contribution in [-0.4, -0.2) is 21.9 Å². The van der Waals surface area contributed by atoms with Gasteiger partial charge >= 0.3 is 0 Å². The van der Waals surface area contributed by atoms with E-state index in [-0.39, 0.29) is 11.5 Å². The van der Waals surface area contributed by atoms with Crippen molar-refractivity contribution >= 4 is 0 Å². The average Bonchev–Trinajstić information content (AvgIpc) is 2.82. The van der Waals surface area contributed by atoms with E-state index in [1.807, 2.05) is 6.08 Å². The first-order chi connectivity index (χ1) is 10.5. The van der Waals surface area contributed by atoms with Gasteiger partial charge in [-0.25, -0.2) is 0 Å². The Morgan fingerprint density at radius 1 is 1.05 bits per heavy atom. The van der Waals surface area contributed by atoms with Gasteiger partial charge in [0.2, 0.25) is 0 Å². The Hall–Kier alpha value is -0.780. The highest BCUT2D eigenvalue weighted by Gasteiger charge is 2.55. The second kappa shape index (κ2) is 4.86. The Morgan fingerprint density at radius 3 is 2.59 bits per heavy atom. The molecular formula is C20H28O2. The average molecular weight is 300 g/mol. The van der Waals surface area contributed by atoms with Crippen LogP contribution in [0.1, 0.15) is 51.9 Å². The highest BCUT2D eigenvalue weighted by molar-refractivity contribution is 5.19. The Labute approximate surface area is 134 Å². The fraction of sp³-hybridized carbons (Fsp3) is 0.800. The Bertz CT molecular complexity index is 532. The molecule has 3 saturated carbocycles. The van der Waals surface area contributed by atoms with Crippen molar-refractivity contribution in [3.05, 3.63) is 12.2 Å². The summed E-state index contributed by atoms with van der Waals surface area (Å²) in [6, 6.07) is 0. The van der Waals surface area contributed by atoms with E-state index >= 15 is 0 Å². The lowest BCUT2D eigenvalue weighted by Gasteiger charge is -2.56. The van der Waals surface area contributed by atoms with Gasteiger partial charge < -0.3 is 10.2 Å². The third kappa shape index (κ3) is 1.95. The Balaban J connectivity index is 1.56. The van der Waals surface area contributed by atoms with Gasteiger partial charge in [0.05, 0.1) is 6.10 Å². The van der Waals surface area contributed by atoms with Crippen molar-refractivity contribution in [3.8, 4) is 12.3 Å². The smallest absolute Gasteiger partial charge is 0.125 e. The van der Waals surface area contributed by atoms with Gasteiger partial charge in [-0.3, -0.25) is 0 Å². The maximum Gasteiger partial charge on any atom is 0.125 e. The van der Waals surface area contributed by atoms with Crippen LogP contribution in [0, 0.1) is 47.3 Å². The normalized spacial score (nSPS) is 56.6. The van der Waals surface area contributed by atoms with Crippen LogP contribution < -0.4 is 0 Å². The molecule has 0 saturated heterocycles. The van der Waals surface area contributed by atoms with Crippen LogP contribution in [0.3, 0.4) is 0 Å². The molecule has 4 rings (SSSR count). The minimum atomic E-state index is -0.847. The first-order valence-corrected chi connectivity index (χ1v) is 9.03. The van der Waals surface area contributed by atoms with Crippen LogP contribution in [0.2, 0.25) is 0 Å². The molecule has 0 aromatic carbocycles. The summed E-state index contributed by atoms with van der Waals surface area (Å²) in [5, 5.41) is 20.8. The summed E-state index contributed by atoms with van der Waals surface area (Å²) in [4.78, 5) is 0. The monoisotopic (exact) mass is 300 g/mol. The van der Waals surface area contributed by atoms with Crippen molar-refractivity contribution in [2.45, 2.75) is 63.6 Å². The van der Waals surface area contributed by atoms with E-state index in [0.29, 0.717) is 11.8 Å². The van der Waals surface area contributed by atoms with Crippen molar-refractivity contribution in [2.24, 2.45) is 35.0 Å². The van der Waals surface area contributed by atoms with Gasteiger partial charge in [0.25, 0.3) is 0 Å². The number of aliphatic hydroxyl groups is 2. The lowest BCUT2D eigenvalue weighted by Crippen LogP contribution is -2.51. The first kappa shape index (κ1) is 14.8. The van der Waals surface area contributed by atoms with Gasteiger partial charge in [0.15, 0.2) is 0 Å². The molecule has 8 atom stereocenters. The summed E-state index contributed by atoms with van der Waals surface area (Å²) in [7, 11) is 0. The van der Waals surface area contributed by atoms with Crippen LogP contribution >= 0.6 is 0 Å². The predicted octanol–water partition coefficient (Wildman–Crippen LogP) is 3.14. The Morgan fingerprint density at radius 2 is 1.82 bits per heavy atom. The number of fused-ring (bicyclic) bond motifs is 5. The van der Waals surface area contributed by atoms with E-state index < -0.39 is 5.60 Å². The van der Waals surface area contributed by atoms with Crippen molar-refractivity contribution in [3.63, 3.8) is 0 Å². The molecule has 0 aromatic heterocycles.